The number of phenolic OH excluding ortho intramolecular Hbond substituents is 1. The molecule has 0 aliphatic carbocycles. The van der Waals surface area contributed by atoms with E-state index in [-0.39, 0.29) is 40.8 Å². The number of hydrogen-bond acceptors (Lipinski definition) is 4. The zero-order chi connectivity index (χ0) is 20.9. The summed E-state index contributed by atoms with van der Waals surface area (Å²) in [7, 11) is 0.314. The summed E-state index contributed by atoms with van der Waals surface area (Å²) in [6, 6.07) is 7.49. The van der Waals surface area contributed by atoms with Crippen LogP contribution in [-0.2, 0) is 24.1 Å². The van der Waals surface area contributed by atoms with Crippen LogP contribution in [0.3, 0.4) is 0 Å². The van der Waals surface area contributed by atoms with Gasteiger partial charge in [0, 0.05) is 48.6 Å². The van der Waals surface area contributed by atoms with Crippen molar-refractivity contribution < 1.29 is 18.5 Å². The van der Waals surface area contributed by atoms with Crippen molar-refractivity contribution in [1.29, 1.82) is 0 Å². The molecular formula is C20H17ClFN3O3S. The average molecular weight is 434 g/mol. The molecular weight excluding hydrogens is 417 g/mol. The molecule has 1 aromatic heterocycles. The summed E-state index contributed by atoms with van der Waals surface area (Å²) in [6.45, 7) is 0.339. The van der Waals surface area contributed by atoms with Gasteiger partial charge in [-0.05, 0) is 29.8 Å². The van der Waals surface area contributed by atoms with Crippen LogP contribution in [0.5, 0.6) is 5.75 Å². The van der Waals surface area contributed by atoms with E-state index < -0.39 is 16.8 Å². The van der Waals surface area contributed by atoms with Crippen LogP contribution in [-0.4, -0.2) is 38.4 Å². The Bertz CT molecular complexity index is 1190. The third kappa shape index (κ3) is 3.22. The number of hydrogen-bond donors (Lipinski definition) is 1. The minimum absolute atomic E-state index is 0.140. The lowest BCUT2D eigenvalue weighted by Gasteiger charge is -2.22. The lowest BCUT2D eigenvalue weighted by Crippen LogP contribution is -2.23. The van der Waals surface area contributed by atoms with E-state index in [1.54, 1.807) is 23.5 Å². The summed E-state index contributed by atoms with van der Waals surface area (Å²) in [5, 5.41) is 11.6. The van der Waals surface area contributed by atoms with Gasteiger partial charge >= 0.3 is 0 Å². The van der Waals surface area contributed by atoms with Gasteiger partial charge in [-0.2, -0.15) is 0 Å². The number of phenols is 1. The van der Waals surface area contributed by atoms with Gasteiger partial charge in [0.2, 0.25) is 0 Å². The van der Waals surface area contributed by atoms with E-state index in [4.69, 9.17) is 11.6 Å². The number of benzene rings is 2. The lowest BCUT2D eigenvalue weighted by molar-refractivity contribution is 0.0765. The molecule has 1 atom stereocenters. The molecule has 29 heavy (non-hydrogen) atoms. The number of amides is 1. The van der Waals surface area contributed by atoms with Gasteiger partial charge in [0.05, 0.1) is 11.3 Å². The number of aromatic nitrogens is 1. The van der Waals surface area contributed by atoms with E-state index >= 15 is 0 Å². The predicted octanol–water partition coefficient (Wildman–Crippen LogP) is 3.62. The number of fused-ring (bicyclic) bond motifs is 2. The number of rotatable bonds is 4. The highest BCUT2D eigenvalue weighted by molar-refractivity contribution is 7.85. The van der Waals surface area contributed by atoms with Gasteiger partial charge in [-0.25, -0.2) is 8.60 Å². The molecule has 1 N–H and O–H groups in total. The summed E-state index contributed by atoms with van der Waals surface area (Å²) in [5.41, 5.74) is 2.16. The molecule has 0 fully saturated rings. The van der Waals surface area contributed by atoms with Gasteiger partial charge in [-0.1, -0.05) is 17.7 Å². The number of carbonyl (C=O) groups is 1. The zero-order valence-electron chi connectivity index (χ0n) is 15.6. The van der Waals surface area contributed by atoms with Crippen LogP contribution in [0, 0.1) is 5.82 Å². The molecule has 0 saturated heterocycles. The van der Waals surface area contributed by atoms with Crippen molar-refractivity contribution in [2.24, 2.45) is 0 Å². The molecule has 0 saturated carbocycles. The SMILES string of the molecule is CN(c1c2c(c(O)c3ncccc13)C(=O)N(Cc1ccc(F)cc1Cl)C2)S(C)=O. The van der Waals surface area contributed by atoms with Crippen molar-refractivity contribution in [3.63, 3.8) is 0 Å². The quantitative estimate of drug-likeness (QED) is 0.682. The minimum Gasteiger partial charge on any atom is -0.505 e. The van der Waals surface area contributed by atoms with Crippen LogP contribution in [0.25, 0.3) is 10.9 Å². The molecule has 0 spiro atoms. The number of anilines is 1. The first-order chi connectivity index (χ1) is 13.8. The van der Waals surface area contributed by atoms with Crippen LogP contribution in [0.1, 0.15) is 21.5 Å². The largest absolute Gasteiger partial charge is 0.505 e. The molecule has 1 aliphatic rings. The Kier molecular flexibility index (Phi) is 4.92. The first-order valence-corrected chi connectivity index (χ1v) is 10.6. The predicted molar refractivity (Wildman–Crippen MR) is 111 cm³/mol. The smallest absolute Gasteiger partial charge is 0.258 e. The van der Waals surface area contributed by atoms with E-state index in [1.807, 2.05) is 0 Å². The second-order valence-electron chi connectivity index (χ2n) is 6.77. The average Bonchev–Trinajstić information content (AvgIpc) is 3.00. The van der Waals surface area contributed by atoms with E-state index in [2.05, 4.69) is 4.98 Å². The maximum absolute atomic E-state index is 13.3. The number of carbonyl (C=O) groups excluding carboxylic acids is 1. The van der Waals surface area contributed by atoms with Gasteiger partial charge in [0.15, 0.2) is 5.75 Å². The molecule has 2 heterocycles. The van der Waals surface area contributed by atoms with Crippen molar-refractivity contribution in [1.82, 2.24) is 9.88 Å². The Morgan fingerprint density at radius 3 is 2.83 bits per heavy atom. The highest BCUT2D eigenvalue weighted by atomic mass is 35.5. The van der Waals surface area contributed by atoms with Crippen molar-refractivity contribution in [2.75, 3.05) is 17.6 Å². The molecule has 0 bridgehead atoms. The molecule has 2 aromatic carbocycles. The minimum atomic E-state index is -1.35. The Morgan fingerprint density at radius 2 is 2.14 bits per heavy atom. The van der Waals surface area contributed by atoms with Gasteiger partial charge in [0.25, 0.3) is 5.91 Å². The Balaban J connectivity index is 1.86. The van der Waals surface area contributed by atoms with E-state index in [1.165, 1.54) is 35.6 Å². The molecule has 3 aromatic rings. The van der Waals surface area contributed by atoms with E-state index in [0.717, 1.165) is 0 Å². The zero-order valence-corrected chi connectivity index (χ0v) is 17.2. The fourth-order valence-corrected chi connectivity index (χ4v) is 4.30. The molecule has 4 rings (SSSR count). The Hall–Kier alpha value is -2.71. The third-order valence-electron chi connectivity index (χ3n) is 5.04. The van der Waals surface area contributed by atoms with Crippen LogP contribution in [0.4, 0.5) is 10.1 Å². The van der Waals surface area contributed by atoms with Gasteiger partial charge in [0.1, 0.15) is 22.3 Å². The molecule has 6 nitrogen and oxygen atoms in total. The summed E-state index contributed by atoms with van der Waals surface area (Å²) in [6.07, 6.45) is 3.06. The number of halogens is 2. The number of pyridine rings is 1. The standard InChI is InChI=1S/C20H17ClFN3O3S/c1-24(29(2)28)18-13-4-3-7-23-17(13)19(26)16-14(18)10-25(20(16)27)9-11-5-6-12(22)8-15(11)21/h3-8,26H,9-10H2,1-2H3. The second kappa shape index (κ2) is 7.27. The van der Waals surface area contributed by atoms with Crippen LogP contribution >= 0.6 is 11.6 Å². The van der Waals surface area contributed by atoms with Crippen LogP contribution in [0.2, 0.25) is 5.02 Å². The van der Waals surface area contributed by atoms with Gasteiger partial charge in [-0.3, -0.25) is 14.1 Å². The monoisotopic (exact) mass is 433 g/mol. The van der Waals surface area contributed by atoms with Crippen molar-refractivity contribution in [2.45, 2.75) is 13.1 Å². The second-order valence-corrected chi connectivity index (χ2v) is 8.57. The number of nitrogens with zero attached hydrogens (tertiary/aromatic N) is 3. The fraction of sp³-hybridized carbons (Fsp3) is 0.200. The van der Waals surface area contributed by atoms with Gasteiger partial charge in [-0.15, -0.1) is 0 Å². The van der Waals surface area contributed by atoms with E-state index in [9.17, 15) is 18.5 Å². The molecule has 1 amide bonds. The Morgan fingerprint density at radius 1 is 1.38 bits per heavy atom. The lowest BCUT2D eigenvalue weighted by atomic mass is 10.0. The molecule has 150 valence electrons. The molecule has 1 unspecified atom stereocenters. The maximum atomic E-state index is 13.3. The first kappa shape index (κ1) is 19.6. The summed E-state index contributed by atoms with van der Waals surface area (Å²) < 4.78 is 27.1. The van der Waals surface area contributed by atoms with Gasteiger partial charge < -0.3 is 10.0 Å². The topological polar surface area (TPSA) is 73.7 Å². The molecule has 9 heteroatoms. The van der Waals surface area contributed by atoms with Crippen LogP contribution < -0.4 is 4.31 Å². The highest BCUT2D eigenvalue weighted by Gasteiger charge is 2.36. The fourth-order valence-electron chi connectivity index (χ4n) is 3.60. The molecule has 0 radical (unpaired) electrons. The van der Waals surface area contributed by atoms with Crippen LogP contribution in [0.15, 0.2) is 36.5 Å². The normalized spacial score (nSPS) is 14.3. The first-order valence-electron chi connectivity index (χ1n) is 8.72. The van der Waals surface area contributed by atoms with Crippen molar-refractivity contribution in [3.05, 3.63) is 64.1 Å². The highest BCUT2D eigenvalue weighted by Crippen LogP contribution is 2.44. The third-order valence-corrected chi connectivity index (χ3v) is 6.34. The van der Waals surface area contributed by atoms with Crippen molar-refractivity contribution >= 4 is 45.1 Å². The van der Waals surface area contributed by atoms with Crippen molar-refractivity contribution in [3.8, 4) is 5.75 Å². The maximum Gasteiger partial charge on any atom is 0.258 e. The summed E-state index contributed by atoms with van der Waals surface area (Å²) in [5.74, 6) is -1.05. The number of aromatic hydroxyl groups is 1. The summed E-state index contributed by atoms with van der Waals surface area (Å²) >= 11 is 6.12. The molecule has 1 aliphatic heterocycles. The summed E-state index contributed by atoms with van der Waals surface area (Å²) in [4.78, 5) is 18.8. The Labute approximate surface area is 174 Å². The van der Waals surface area contributed by atoms with E-state index in [0.29, 0.717) is 22.2 Å².